The Morgan fingerprint density at radius 1 is 1.25 bits per heavy atom. The van der Waals surface area contributed by atoms with Crippen LogP contribution in [0.2, 0.25) is 10.0 Å². The molecular formula is C11H15Cl2N5O2. The van der Waals surface area contributed by atoms with Gasteiger partial charge in [0.15, 0.2) is 5.82 Å². The minimum atomic E-state index is -0.635. The summed E-state index contributed by atoms with van der Waals surface area (Å²) in [7, 11) is 0. The number of nitrogens with one attached hydrogen (secondary N) is 1. The first kappa shape index (κ1) is 16.3. The molecule has 0 aliphatic heterocycles. The lowest BCUT2D eigenvalue weighted by molar-refractivity contribution is -0.117. The molecule has 0 saturated heterocycles. The first-order chi connectivity index (χ1) is 9.35. The van der Waals surface area contributed by atoms with Gasteiger partial charge in [0.05, 0.1) is 23.1 Å². The van der Waals surface area contributed by atoms with Crippen LogP contribution in [0.3, 0.4) is 0 Å². The molecule has 2 amide bonds. The van der Waals surface area contributed by atoms with E-state index in [0.29, 0.717) is 17.4 Å². The van der Waals surface area contributed by atoms with Gasteiger partial charge in [0.1, 0.15) is 5.82 Å². The molecule has 0 atom stereocenters. The number of nitrogens with zero attached hydrogens (tertiary/aromatic N) is 2. The van der Waals surface area contributed by atoms with Gasteiger partial charge < -0.3 is 21.7 Å². The summed E-state index contributed by atoms with van der Waals surface area (Å²) >= 11 is 12.0. The largest absolute Gasteiger partial charge is 0.369 e. The van der Waals surface area contributed by atoms with E-state index in [1.807, 2.05) is 6.92 Å². The fourth-order valence-corrected chi connectivity index (χ4v) is 2.10. The number of hydrogen-bond donors (Lipinski definition) is 3. The fraction of sp³-hybridized carbons (Fsp3) is 0.364. The minimum Gasteiger partial charge on any atom is -0.369 e. The number of pyridine rings is 1. The maximum atomic E-state index is 11.1. The van der Waals surface area contributed by atoms with Crippen molar-refractivity contribution in [1.82, 2.24) is 4.98 Å². The molecule has 1 heterocycles. The van der Waals surface area contributed by atoms with Crippen molar-refractivity contribution in [3.8, 4) is 0 Å². The summed E-state index contributed by atoms with van der Waals surface area (Å²) in [5, 5.41) is 3.47. The highest BCUT2D eigenvalue weighted by Crippen LogP contribution is 2.31. The fourth-order valence-electron chi connectivity index (χ4n) is 1.55. The number of halogens is 2. The topological polar surface area (TPSA) is 114 Å². The van der Waals surface area contributed by atoms with Gasteiger partial charge in [-0.05, 0) is 13.0 Å². The van der Waals surface area contributed by atoms with E-state index in [4.69, 9.17) is 34.7 Å². The van der Waals surface area contributed by atoms with Crippen molar-refractivity contribution >= 4 is 46.7 Å². The second kappa shape index (κ2) is 7.16. The molecule has 0 fully saturated rings. The van der Waals surface area contributed by atoms with Crippen molar-refractivity contribution < 1.29 is 9.59 Å². The number of anilines is 2. The van der Waals surface area contributed by atoms with Crippen LogP contribution in [-0.2, 0) is 9.59 Å². The lowest BCUT2D eigenvalue weighted by Gasteiger charge is -2.22. The van der Waals surface area contributed by atoms with Crippen LogP contribution in [0, 0.1) is 0 Å². The van der Waals surface area contributed by atoms with Crippen LogP contribution < -0.4 is 21.7 Å². The lowest BCUT2D eigenvalue weighted by atomic mass is 10.3. The summed E-state index contributed by atoms with van der Waals surface area (Å²) in [6, 6.07) is 1.47. The maximum Gasteiger partial charge on any atom is 0.237 e. The second-order valence-electron chi connectivity index (χ2n) is 3.94. The first-order valence-electron chi connectivity index (χ1n) is 5.76. The van der Waals surface area contributed by atoms with Crippen molar-refractivity contribution in [3.63, 3.8) is 0 Å². The Balaban J connectivity index is 3.19. The molecule has 0 aliphatic carbocycles. The highest BCUT2D eigenvalue weighted by atomic mass is 35.5. The van der Waals surface area contributed by atoms with Crippen molar-refractivity contribution in [1.29, 1.82) is 0 Å². The summed E-state index contributed by atoms with van der Waals surface area (Å²) < 4.78 is 0. The summed E-state index contributed by atoms with van der Waals surface area (Å²) in [5.74, 6) is -0.662. The number of carbonyl (C=O) groups excluding carboxylic acids is 2. The molecule has 1 aromatic rings. The van der Waals surface area contributed by atoms with Gasteiger partial charge in [-0.15, -0.1) is 0 Å². The Hall–Kier alpha value is -1.73. The molecule has 0 spiro atoms. The Morgan fingerprint density at radius 3 is 2.25 bits per heavy atom. The number of rotatable bonds is 7. The zero-order valence-electron chi connectivity index (χ0n) is 10.8. The molecule has 0 saturated carbocycles. The summed E-state index contributed by atoms with van der Waals surface area (Å²) in [4.78, 5) is 27.6. The van der Waals surface area contributed by atoms with Gasteiger partial charge in [0, 0.05) is 6.54 Å². The SMILES string of the molecule is CCNc1nc(N(CC(N)=O)CC(N)=O)c(Cl)cc1Cl. The molecule has 110 valence electrons. The van der Waals surface area contributed by atoms with Crippen molar-refractivity contribution in [2.75, 3.05) is 29.9 Å². The number of nitrogens with two attached hydrogens (primary N) is 2. The van der Waals surface area contributed by atoms with E-state index in [-0.39, 0.29) is 23.9 Å². The number of amides is 2. The molecule has 0 radical (unpaired) electrons. The third kappa shape index (κ3) is 4.43. The van der Waals surface area contributed by atoms with Gasteiger partial charge in [0.25, 0.3) is 0 Å². The van der Waals surface area contributed by atoms with E-state index in [2.05, 4.69) is 10.3 Å². The Labute approximate surface area is 126 Å². The molecule has 0 bridgehead atoms. The zero-order chi connectivity index (χ0) is 15.3. The van der Waals surface area contributed by atoms with Crippen LogP contribution in [0.5, 0.6) is 0 Å². The molecular weight excluding hydrogens is 305 g/mol. The Bertz CT molecular complexity index is 508. The van der Waals surface area contributed by atoms with E-state index >= 15 is 0 Å². The maximum absolute atomic E-state index is 11.1. The van der Waals surface area contributed by atoms with E-state index < -0.39 is 11.8 Å². The quantitative estimate of drug-likeness (QED) is 0.680. The van der Waals surface area contributed by atoms with Gasteiger partial charge in [-0.3, -0.25) is 9.59 Å². The van der Waals surface area contributed by atoms with Crippen molar-refractivity contribution in [3.05, 3.63) is 16.1 Å². The van der Waals surface area contributed by atoms with E-state index in [0.717, 1.165) is 0 Å². The predicted octanol–water partition coefficient (Wildman–Crippen LogP) is 0.597. The molecule has 7 nitrogen and oxygen atoms in total. The van der Waals surface area contributed by atoms with Gasteiger partial charge in [-0.1, -0.05) is 23.2 Å². The van der Waals surface area contributed by atoms with Crippen LogP contribution in [0.15, 0.2) is 6.07 Å². The van der Waals surface area contributed by atoms with E-state index in [1.54, 1.807) is 0 Å². The van der Waals surface area contributed by atoms with Crippen molar-refractivity contribution in [2.45, 2.75) is 6.92 Å². The lowest BCUT2D eigenvalue weighted by Crippen LogP contribution is -2.40. The molecule has 0 aliphatic rings. The predicted molar refractivity (Wildman–Crippen MR) is 79.0 cm³/mol. The molecule has 1 rings (SSSR count). The normalized spacial score (nSPS) is 10.2. The average molecular weight is 320 g/mol. The van der Waals surface area contributed by atoms with Gasteiger partial charge >= 0.3 is 0 Å². The Morgan fingerprint density at radius 2 is 1.80 bits per heavy atom. The van der Waals surface area contributed by atoms with Crippen LogP contribution in [0.1, 0.15) is 6.92 Å². The highest BCUT2D eigenvalue weighted by Gasteiger charge is 2.18. The summed E-state index contributed by atoms with van der Waals surface area (Å²) in [6.45, 7) is 2.00. The molecule has 0 unspecified atom stereocenters. The van der Waals surface area contributed by atoms with Crippen LogP contribution >= 0.6 is 23.2 Å². The monoisotopic (exact) mass is 319 g/mol. The molecule has 20 heavy (non-hydrogen) atoms. The minimum absolute atomic E-state index is 0.194. The number of aromatic nitrogens is 1. The molecule has 9 heteroatoms. The number of primary amides is 2. The van der Waals surface area contributed by atoms with Gasteiger partial charge in [-0.25, -0.2) is 4.98 Å². The number of hydrogen-bond acceptors (Lipinski definition) is 5. The molecule has 1 aromatic heterocycles. The van der Waals surface area contributed by atoms with Crippen LogP contribution in [0.25, 0.3) is 0 Å². The van der Waals surface area contributed by atoms with E-state index in [1.165, 1.54) is 11.0 Å². The zero-order valence-corrected chi connectivity index (χ0v) is 12.3. The smallest absolute Gasteiger partial charge is 0.237 e. The summed E-state index contributed by atoms with van der Waals surface area (Å²) in [6.07, 6.45) is 0. The molecule has 5 N–H and O–H groups in total. The third-order valence-corrected chi connectivity index (χ3v) is 2.81. The first-order valence-corrected chi connectivity index (χ1v) is 6.52. The van der Waals surface area contributed by atoms with Crippen LogP contribution in [0.4, 0.5) is 11.6 Å². The average Bonchev–Trinajstić information content (AvgIpc) is 2.30. The highest BCUT2D eigenvalue weighted by molar-refractivity contribution is 6.37. The standard InChI is InChI=1S/C11H15Cl2N5O2/c1-2-16-10-6(12)3-7(13)11(17-10)18(4-8(14)19)5-9(15)20/h3H,2,4-5H2,1H3,(H2,14,19)(H2,15,20)(H,16,17). The van der Waals surface area contributed by atoms with Gasteiger partial charge in [-0.2, -0.15) is 0 Å². The number of carbonyl (C=O) groups is 2. The second-order valence-corrected chi connectivity index (χ2v) is 4.76. The molecule has 0 aromatic carbocycles. The third-order valence-electron chi connectivity index (χ3n) is 2.25. The summed E-state index contributed by atoms with van der Waals surface area (Å²) in [5.41, 5.74) is 10.3. The van der Waals surface area contributed by atoms with E-state index in [9.17, 15) is 9.59 Å². The van der Waals surface area contributed by atoms with Gasteiger partial charge in [0.2, 0.25) is 11.8 Å². The Kier molecular flexibility index (Phi) is 5.84. The van der Waals surface area contributed by atoms with Crippen molar-refractivity contribution in [2.24, 2.45) is 11.5 Å². The van der Waals surface area contributed by atoms with Crippen LogP contribution in [-0.4, -0.2) is 36.4 Å².